The van der Waals surface area contributed by atoms with Gasteiger partial charge >= 0.3 is 0 Å². The summed E-state index contributed by atoms with van der Waals surface area (Å²) in [6.45, 7) is 3.63. The summed E-state index contributed by atoms with van der Waals surface area (Å²) in [4.78, 5) is 12.9. The van der Waals surface area contributed by atoms with Gasteiger partial charge in [-0.1, -0.05) is 49.4 Å². The lowest BCUT2D eigenvalue weighted by Crippen LogP contribution is -2.50. The first kappa shape index (κ1) is 20.9. The molecule has 0 aliphatic rings. The van der Waals surface area contributed by atoms with E-state index in [1.807, 2.05) is 61.5 Å². The third-order valence-corrected chi connectivity index (χ3v) is 4.73. The number of hydrogen-bond donors (Lipinski definition) is 3. The van der Waals surface area contributed by atoms with Gasteiger partial charge in [0.05, 0.1) is 12.6 Å². The number of benzene rings is 2. The van der Waals surface area contributed by atoms with Crippen LogP contribution in [0.4, 0.5) is 0 Å². The fourth-order valence-corrected chi connectivity index (χ4v) is 2.78. The van der Waals surface area contributed by atoms with Crippen molar-refractivity contribution in [3.63, 3.8) is 0 Å². The maximum atomic E-state index is 12.9. The number of nitrogens with one attached hydrogen (secondary N) is 1. The van der Waals surface area contributed by atoms with Crippen molar-refractivity contribution in [1.82, 2.24) is 5.32 Å². The first-order valence-corrected chi connectivity index (χ1v) is 9.38. The summed E-state index contributed by atoms with van der Waals surface area (Å²) in [6.07, 6.45) is 2.01. The van der Waals surface area contributed by atoms with E-state index in [1.165, 1.54) is 0 Å². The first-order valence-electron chi connectivity index (χ1n) is 9.38. The third kappa shape index (κ3) is 5.81. The number of hydrogen-bond acceptors (Lipinski definition) is 4. The zero-order chi connectivity index (χ0) is 19.7. The van der Waals surface area contributed by atoms with Crippen molar-refractivity contribution in [3.05, 3.63) is 65.7 Å². The monoisotopic (exact) mass is 371 g/mol. The Kier molecular flexibility index (Phi) is 7.82. The smallest absolute Gasteiger partial charge is 0.264 e. The van der Waals surface area contributed by atoms with E-state index in [0.29, 0.717) is 12.2 Å². The Morgan fingerprint density at radius 3 is 2.33 bits per heavy atom. The number of carbonyl (C=O) groups is 1. The zero-order valence-corrected chi connectivity index (χ0v) is 16.0. The molecule has 0 saturated carbocycles. The average molecular weight is 371 g/mol. The van der Waals surface area contributed by atoms with Gasteiger partial charge in [-0.05, 0) is 49.4 Å². The summed E-state index contributed by atoms with van der Waals surface area (Å²) in [5.41, 5.74) is 0.915. The van der Waals surface area contributed by atoms with Crippen LogP contribution in [-0.4, -0.2) is 34.9 Å². The summed E-state index contributed by atoms with van der Waals surface area (Å²) >= 11 is 0. The van der Waals surface area contributed by atoms with Crippen LogP contribution in [0.2, 0.25) is 0 Å². The molecule has 0 unspecified atom stereocenters. The number of aliphatic hydroxyl groups is 2. The van der Waals surface area contributed by atoms with Crippen molar-refractivity contribution < 1.29 is 19.7 Å². The predicted molar refractivity (Wildman–Crippen MR) is 106 cm³/mol. The molecular formula is C22H29NO4. The van der Waals surface area contributed by atoms with Crippen LogP contribution in [0, 0.1) is 0 Å². The Morgan fingerprint density at radius 2 is 1.78 bits per heavy atom. The molecular weight excluding hydrogens is 342 g/mol. The van der Waals surface area contributed by atoms with Crippen molar-refractivity contribution in [1.29, 1.82) is 0 Å². The van der Waals surface area contributed by atoms with Gasteiger partial charge in [0.15, 0.2) is 5.60 Å². The SMILES string of the molecule is CC[C@](C)(Oc1ccc(CCCO)cc1)C(=O)N[C@@H](CO)c1ccccc1. The molecule has 1 amide bonds. The maximum absolute atomic E-state index is 12.9. The van der Waals surface area contributed by atoms with Crippen LogP contribution in [0.3, 0.4) is 0 Å². The van der Waals surface area contributed by atoms with Gasteiger partial charge in [-0.25, -0.2) is 0 Å². The summed E-state index contributed by atoms with van der Waals surface area (Å²) < 4.78 is 6.01. The number of aryl methyl sites for hydroxylation is 1. The van der Waals surface area contributed by atoms with Crippen molar-refractivity contribution >= 4 is 5.91 Å². The van der Waals surface area contributed by atoms with Crippen LogP contribution < -0.4 is 10.1 Å². The lowest BCUT2D eigenvalue weighted by atomic mass is 10.00. The maximum Gasteiger partial charge on any atom is 0.264 e. The van der Waals surface area contributed by atoms with E-state index in [9.17, 15) is 9.90 Å². The van der Waals surface area contributed by atoms with Crippen molar-refractivity contribution in [2.75, 3.05) is 13.2 Å². The Hall–Kier alpha value is -2.37. The standard InChI is InChI=1S/C22H29NO4/c1-3-22(2,27-19-13-11-17(12-14-19)8-7-15-24)21(26)23-20(16-25)18-9-5-4-6-10-18/h4-6,9-14,20,24-25H,3,7-8,15-16H2,1-2H3,(H,23,26)/t20-,22-/m0/s1. The van der Waals surface area contributed by atoms with Gasteiger partial charge < -0.3 is 20.3 Å². The van der Waals surface area contributed by atoms with E-state index in [4.69, 9.17) is 9.84 Å². The minimum Gasteiger partial charge on any atom is -0.478 e. The number of aliphatic hydroxyl groups excluding tert-OH is 2. The molecule has 2 aromatic rings. The lowest BCUT2D eigenvalue weighted by molar-refractivity contribution is -0.137. The summed E-state index contributed by atoms with van der Waals surface area (Å²) in [5, 5.41) is 21.5. The molecule has 0 aliphatic carbocycles. The Bertz CT molecular complexity index is 702. The number of rotatable bonds is 10. The summed E-state index contributed by atoms with van der Waals surface area (Å²) in [5.74, 6) is 0.347. The van der Waals surface area contributed by atoms with Crippen LogP contribution in [0.25, 0.3) is 0 Å². The van der Waals surface area contributed by atoms with E-state index in [0.717, 1.165) is 24.0 Å². The highest BCUT2D eigenvalue weighted by Gasteiger charge is 2.35. The highest BCUT2D eigenvalue weighted by atomic mass is 16.5. The molecule has 5 heteroatoms. The van der Waals surface area contributed by atoms with Crippen LogP contribution in [0.5, 0.6) is 5.75 Å². The third-order valence-electron chi connectivity index (χ3n) is 4.73. The zero-order valence-electron chi connectivity index (χ0n) is 16.0. The molecule has 3 N–H and O–H groups in total. The molecule has 2 atom stereocenters. The molecule has 27 heavy (non-hydrogen) atoms. The van der Waals surface area contributed by atoms with Gasteiger partial charge in [-0.15, -0.1) is 0 Å². The molecule has 0 spiro atoms. The number of ether oxygens (including phenoxy) is 1. The summed E-state index contributed by atoms with van der Waals surface area (Å²) in [6, 6.07) is 16.5. The van der Waals surface area contributed by atoms with E-state index in [1.54, 1.807) is 6.92 Å². The molecule has 0 aliphatic heterocycles. The van der Waals surface area contributed by atoms with Gasteiger partial charge in [0, 0.05) is 6.61 Å². The largest absolute Gasteiger partial charge is 0.478 e. The lowest BCUT2D eigenvalue weighted by Gasteiger charge is -2.30. The second-order valence-corrected chi connectivity index (χ2v) is 6.78. The molecule has 0 bridgehead atoms. The minimum atomic E-state index is -1.05. The predicted octanol–water partition coefficient (Wildman–Crippen LogP) is 3.01. The second-order valence-electron chi connectivity index (χ2n) is 6.78. The summed E-state index contributed by atoms with van der Waals surface area (Å²) in [7, 11) is 0. The molecule has 0 fully saturated rings. The Balaban J connectivity index is 2.07. The van der Waals surface area contributed by atoms with Gasteiger partial charge in [0.2, 0.25) is 0 Å². The normalized spacial score (nSPS) is 14.2. The molecule has 0 saturated heterocycles. The molecule has 2 rings (SSSR count). The van der Waals surface area contributed by atoms with Crippen molar-refractivity contribution in [2.24, 2.45) is 0 Å². The van der Waals surface area contributed by atoms with E-state index in [2.05, 4.69) is 5.32 Å². The number of amides is 1. The molecule has 5 nitrogen and oxygen atoms in total. The minimum absolute atomic E-state index is 0.166. The molecule has 146 valence electrons. The Labute approximate surface area is 161 Å². The Morgan fingerprint density at radius 1 is 1.11 bits per heavy atom. The van der Waals surface area contributed by atoms with Crippen LogP contribution >= 0.6 is 0 Å². The molecule has 0 aromatic heterocycles. The van der Waals surface area contributed by atoms with Gasteiger partial charge in [0.1, 0.15) is 5.75 Å². The van der Waals surface area contributed by atoms with Gasteiger partial charge in [-0.3, -0.25) is 4.79 Å². The highest BCUT2D eigenvalue weighted by Crippen LogP contribution is 2.24. The van der Waals surface area contributed by atoms with E-state index >= 15 is 0 Å². The van der Waals surface area contributed by atoms with E-state index in [-0.39, 0.29) is 19.1 Å². The van der Waals surface area contributed by atoms with Gasteiger partial charge in [-0.2, -0.15) is 0 Å². The van der Waals surface area contributed by atoms with Crippen LogP contribution in [0.15, 0.2) is 54.6 Å². The van der Waals surface area contributed by atoms with Gasteiger partial charge in [0.25, 0.3) is 5.91 Å². The fourth-order valence-electron chi connectivity index (χ4n) is 2.78. The second kappa shape index (κ2) is 10.1. The van der Waals surface area contributed by atoms with Crippen molar-refractivity contribution in [2.45, 2.75) is 44.8 Å². The van der Waals surface area contributed by atoms with E-state index < -0.39 is 11.6 Å². The average Bonchev–Trinajstić information content (AvgIpc) is 2.71. The first-order chi connectivity index (χ1) is 13.0. The molecule has 0 radical (unpaired) electrons. The van der Waals surface area contributed by atoms with Crippen molar-refractivity contribution in [3.8, 4) is 5.75 Å². The quantitative estimate of drug-likeness (QED) is 0.600. The molecule has 2 aromatic carbocycles. The fraction of sp³-hybridized carbons (Fsp3) is 0.409. The topological polar surface area (TPSA) is 78.8 Å². The van der Waals surface area contributed by atoms with Crippen LogP contribution in [-0.2, 0) is 11.2 Å². The molecule has 0 heterocycles. The highest BCUT2D eigenvalue weighted by molar-refractivity contribution is 5.85. The number of carbonyl (C=O) groups excluding carboxylic acids is 1. The van der Waals surface area contributed by atoms with Crippen LogP contribution in [0.1, 0.15) is 43.9 Å².